The Bertz CT molecular complexity index is 662. The minimum atomic E-state index is -0.557. The van der Waals surface area contributed by atoms with Gasteiger partial charge in [-0.1, -0.05) is 30.9 Å². The molecular formula is C18H19FN2O2. The molecule has 0 fully saturated rings. The van der Waals surface area contributed by atoms with Gasteiger partial charge in [-0.15, -0.1) is 0 Å². The van der Waals surface area contributed by atoms with Crippen LogP contribution >= 0.6 is 0 Å². The Labute approximate surface area is 135 Å². The van der Waals surface area contributed by atoms with Gasteiger partial charge in [-0.25, -0.2) is 9.18 Å². The zero-order valence-electron chi connectivity index (χ0n) is 13.0. The van der Waals surface area contributed by atoms with Crippen molar-refractivity contribution in [3.63, 3.8) is 0 Å². The molecule has 0 radical (unpaired) electrons. The molecule has 0 aromatic heterocycles. The Morgan fingerprint density at radius 3 is 2.70 bits per heavy atom. The molecule has 0 amide bonds. The van der Waals surface area contributed by atoms with Gasteiger partial charge in [0, 0.05) is 12.0 Å². The number of esters is 1. The Kier molecular flexibility index (Phi) is 5.57. The molecule has 1 aromatic rings. The number of halogens is 1. The van der Waals surface area contributed by atoms with Crippen molar-refractivity contribution >= 4 is 11.7 Å². The highest BCUT2D eigenvalue weighted by molar-refractivity contribution is 5.86. The Hall–Kier alpha value is -2.56. The summed E-state index contributed by atoms with van der Waals surface area (Å²) in [6, 6.07) is 5.81. The lowest BCUT2D eigenvalue weighted by atomic mass is 9.89. The van der Waals surface area contributed by atoms with E-state index in [4.69, 9.17) is 4.74 Å². The molecule has 1 aromatic carbocycles. The summed E-state index contributed by atoms with van der Waals surface area (Å²) in [6.45, 7) is 5.38. The number of carbonyl (C=O) groups excluding carboxylic acids is 1. The smallest absolute Gasteiger partial charge is 0.333 e. The van der Waals surface area contributed by atoms with E-state index in [0.29, 0.717) is 24.1 Å². The normalized spacial score (nSPS) is 19.9. The van der Waals surface area contributed by atoms with Crippen molar-refractivity contribution in [2.45, 2.75) is 25.3 Å². The highest BCUT2D eigenvalue weighted by Gasteiger charge is 2.27. The molecule has 0 aliphatic heterocycles. The van der Waals surface area contributed by atoms with E-state index in [1.807, 2.05) is 24.3 Å². The van der Waals surface area contributed by atoms with Crippen LogP contribution in [0.2, 0.25) is 0 Å². The second-order valence-corrected chi connectivity index (χ2v) is 5.44. The molecule has 0 bridgehead atoms. The van der Waals surface area contributed by atoms with E-state index >= 15 is 0 Å². The van der Waals surface area contributed by atoms with Crippen LogP contribution in [-0.4, -0.2) is 18.1 Å². The molecule has 1 aliphatic rings. The highest BCUT2D eigenvalue weighted by atomic mass is 19.1. The van der Waals surface area contributed by atoms with Gasteiger partial charge in [0.15, 0.2) is 0 Å². The molecule has 0 saturated carbocycles. The van der Waals surface area contributed by atoms with E-state index in [1.54, 1.807) is 19.1 Å². The summed E-state index contributed by atoms with van der Waals surface area (Å²) in [4.78, 5) is 11.5. The van der Waals surface area contributed by atoms with Gasteiger partial charge >= 0.3 is 5.97 Å². The molecule has 120 valence electrons. The summed E-state index contributed by atoms with van der Waals surface area (Å²) >= 11 is 0. The Morgan fingerprint density at radius 1 is 1.35 bits per heavy atom. The van der Waals surface area contributed by atoms with Crippen molar-refractivity contribution in [3.8, 4) is 0 Å². The summed E-state index contributed by atoms with van der Waals surface area (Å²) in [5, 5.41) is 8.60. The van der Waals surface area contributed by atoms with Crippen LogP contribution in [0.3, 0.4) is 0 Å². The molecule has 5 heteroatoms. The number of allylic oxidation sites excluding steroid dienone is 2. The summed E-state index contributed by atoms with van der Waals surface area (Å²) in [5.74, 6) is -0.725. The third-order valence-corrected chi connectivity index (χ3v) is 3.43. The van der Waals surface area contributed by atoms with Crippen LogP contribution in [0.1, 0.15) is 19.8 Å². The first-order valence-electron chi connectivity index (χ1n) is 7.36. The molecule has 1 aliphatic carbocycles. The zero-order chi connectivity index (χ0) is 16.7. The maximum Gasteiger partial charge on any atom is 0.333 e. The van der Waals surface area contributed by atoms with E-state index in [0.717, 1.165) is 0 Å². The minimum Gasteiger partial charge on any atom is -0.462 e. The summed E-state index contributed by atoms with van der Waals surface area (Å²) < 4.78 is 18.1. The fraction of sp³-hybridized carbons (Fsp3) is 0.278. The SMILES string of the molecule is C=C(C)C(=O)OCCC1(N=Nc2ccc(F)cc2)C=CC=CC1. The minimum absolute atomic E-state index is 0.228. The summed E-state index contributed by atoms with van der Waals surface area (Å²) in [7, 11) is 0. The monoisotopic (exact) mass is 314 g/mol. The maximum atomic E-state index is 12.9. The number of rotatable bonds is 6. The fourth-order valence-electron chi connectivity index (χ4n) is 2.07. The van der Waals surface area contributed by atoms with E-state index in [-0.39, 0.29) is 12.4 Å². The highest BCUT2D eigenvalue weighted by Crippen LogP contribution is 2.29. The van der Waals surface area contributed by atoms with Gasteiger partial charge in [0.1, 0.15) is 11.4 Å². The topological polar surface area (TPSA) is 51.0 Å². The lowest BCUT2D eigenvalue weighted by molar-refractivity contribution is -0.139. The molecule has 1 unspecified atom stereocenters. The van der Waals surface area contributed by atoms with Crippen molar-refractivity contribution in [1.82, 2.24) is 0 Å². The van der Waals surface area contributed by atoms with Gasteiger partial charge in [0.05, 0.1) is 12.3 Å². The zero-order valence-corrected chi connectivity index (χ0v) is 13.0. The molecular weight excluding hydrogens is 295 g/mol. The van der Waals surface area contributed by atoms with Crippen LogP contribution in [-0.2, 0) is 9.53 Å². The van der Waals surface area contributed by atoms with Gasteiger partial charge in [0.25, 0.3) is 0 Å². The lowest BCUT2D eigenvalue weighted by Gasteiger charge is -2.25. The van der Waals surface area contributed by atoms with Gasteiger partial charge < -0.3 is 4.74 Å². The summed E-state index contributed by atoms with van der Waals surface area (Å²) in [5.41, 5.74) is 0.386. The van der Waals surface area contributed by atoms with Crippen molar-refractivity contribution in [3.05, 3.63) is 66.5 Å². The maximum absolute atomic E-state index is 12.9. The van der Waals surface area contributed by atoms with Crippen LogP contribution in [0.5, 0.6) is 0 Å². The van der Waals surface area contributed by atoms with Crippen molar-refractivity contribution in [1.29, 1.82) is 0 Å². The molecule has 0 spiro atoms. The first kappa shape index (κ1) is 16.8. The number of hydrogen-bond donors (Lipinski definition) is 0. The molecule has 0 heterocycles. The number of ether oxygens (including phenoxy) is 1. The first-order chi connectivity index (χ1) is 11.0. The fourth-order valence-corrected chi connectivity index (χ4v) is 2.07. The summed E-state index contributed by atoms with van der Waals surface area (Å²) in [6.07, 6.45) is 8.94. The van der Waals surface area contributed by atoms with Crippen LogP contribution in [0.25, 0.3) is 0 Å². The number of nitrogens with zero attached hydrogens (tertiary/aromatic N) is 2. The van der Waals surface area contributed by atoms with Crippen molar-refractivity contribution in [2.24, 2.45) is 10.2 Å². The molecule has 2 rings (SSSR count). The van der Waals surface area contributed by atoms with Gasteiger partial charge in [0.2, 0.25) is 0 Å². The van der Waals surface area contributed by atoms with Crippen LogP contribution in [0.15, 0.2) is 71.0 Å². The van der Waals surface area contributed by atoms with Gasteiger partial charge in [-0.05, 0) is 37.6 Å². The Balaban J connectivity index is 2.05. The molecule has 0 saturated heterocycles. The standard InChI is InChI=1S/C18H19FN2O2/c1-14(2)17(22)23-13-12-18(10-4-3-5-11-18)21-20-16-8-6-15(19)7-9-16/h3-10H,1,11-13H2,2H3. The number of carbonyl (C=O) groups is 1. The third-order valence-electron chi connectivity index (χ3n) is 3.43. The van der Waals surface area contributed by atoms with Crippen molar-refractivity contribution < 1.29 is 13.9 Å². The van der Waals surface area contributed by atoms with Crippen LogP contribution < -0.4 is 0 Å². The van der Waals surface area contributed by atoms with Crippen LogP contribution in [0, 0.1) is 5.82 Å². The van der Waals surface area contributed by atoms with Gasteiger partial charge in [-0.2, -0.15) is 10.2 Å². The molecule has 4 nitrogen and oxygen atoms in total. The van der Waals surface area contributed by atoms with Crippen molar-refractivity contribution in [2.75, 3.05) is 6.61 Å². The van der Waals surface area contributed by atoms with E-state index in [2.05, 4.69) is 16.8 Å². The first-order valence-corrected chi connectivity index (χ1v) is 7.36. The van der Waals surface area contributed by atoms with E-state index < -0.39 is 11.5 Å². The van der Waals surface area contributed by atoms with Crippen LogP contribution in [0.4, 0.5) is 10.1 Å². The lowest BCUT2D eigenvalue weighted by Crippen LogP contribution is -2.26. The molecule has 0 N–H and O–H groups in total. The molecule has 1 atom stereocenters. The molecule has 23 heavy (non-hydrogen) atoms. The second-order valence-electron chi connectivity index (χ2n) is 5.44. The van der Waals surface area contributed by atoms with E-state index in [1.165, 1.54) is 12.1 Å². The quantitative estimate of drug-likeness (QED) is 0.435. The number of hydrogen-bond acceptors (Lipinski definition) is 4. The van der Waals surface area contributed by atoms with E-state index in [9.17, 15) is 9.18 Å². The third kappa shape index (κ3) is 4.98. The largest absolute Gasteiger partial charge is 0.462 e. The Morgan fingerprint density at radius 2 is 2.09 bits per heavy atom. The average molecular weight is 314 g/mol. The second kappa shape index (κ2) is 7.63. The predicted octanol–water partition coefficient (Wildman–Crippen LogP) is 4.67. The average Bonchev–Trinajstić information content (AvgIpc) is 2.55. The predicted molar refractivity (Wildman–Crippen MR) is 86.9 cm³/mol. The number of benzene rings is 1. The van der Waals surface area contributed by atoms with Gasteiger partial charge in [-0.3, -0.25) is 0 Å². The number of azo groups is 1.